The molecular formula is C16H27N5. The second kappa shape index (κ2) is 6.71. The van der Waals surface area contributed by atoms with E-state index >= 15 is 0 Å². The predicted molar refractivity (Wildman–Crippen MR) is 85.7 cm³/mol. The summed E-state index contributed by atoms with van der Waals surface area (Å²) in [4.78, 5) is 16.5. The number of piperazine rings is 1. The first-order valence-electron chi connectivity index (χ1n) is 8.24. The molecule has 5 nitrogen and oxygen atoms in total. The molecule has 2 saturated heterocycles. The third-order valence-electron chi connectivity index (χ3n) is 4.73. The molecule has 116 valence electrons. The van der Waals surface area contributed by atoms with E-state index in [1.165, 1.54) is 38.2 Å². The van der Waals surface area contributed by atoms with Crippen LogP contribution >= 0.6 is 0 Å². The van der Waals surface area contributed by atoms with Crippen molar-refractivity contribution in [1.29, 1.82) is 0 Å². The Balaban J connectivity index is 1.56. The molecule has 0 saturated carbocycles. The fraction of sp³-hybridized carbons (Fsp3) is 0.750. The minimum Gasteiger partial charge on any atom is -0.339 e. The van der Waals surface area contributed by atoms with Crippen LogP contribution in [0.25, 0.3) is 0 Å². The highest BCUT2D eigenvalue weighted by Gasteiger charge is 2.30. The standard InChI is InChI=1S/C16H27N5/c1-3-4-14-11-17-16(18-12-14)21-6-5-15(13-21)20-9-7-19(2)8-10-20/h11-12,15H,3-10,13H2,1-2H3/t15-/m0/s1. The number of nitrogens with zero attached hydrogens (tertiary/aromatic N) is 5. The van der Waals surface area contributed by atoms with Crippen LogP contribution in [0.3, 0.4) is 0 Å². The zero-order valence-corrected chi connectivity index (χ0v) is 13.3. The Bertz CT molecular complexity index is 438. The van der Waals surface area contributed by atoms with Gasteiger partial charge in [0, 0.05) is 57.7 Å². The Morgan fingerprint density at radius 3 is 2.48 bits per heavy atom. The van der Waals surface area contributed by atoms with Gasteiger partial charge in [-0.15, -0.1) is 0 Å². The van der Waals surface area contributed by atoms with Crippen molar-refractivity contribution in [2.75, 3.05) is 51.2 Å². The van der Waals surface area contributed by atoms with Crippen LogP contribution in [0.4, 0.5) is 5.95 Å². The van der Waals surface area contributed by atoms with Crippen molar-refractivity contribution in [1.82, 2.24) is 19.8 Å². The van der Waals surface area contributed by atoms with E-state index in [0.717, 1.165) is 31.9 Å². The van der Waals surface area contributed by atoms with Gasteiger partial charge in [-0.2, -0.15) is 0 Å². The largest absolute Gasteiger partial charge is 0.339 e. The van der Waals surface area contributed by atoms with Crippen LogP contribution in [-0.4, -0.2) is 72.1 Å². The van der Waals surface area contributed by atoms with E-state index in [1.54, 1.807) is 0 Å². The summed E-state index contributed by atoms with van der Waals surface area (Å²) < 4.78 is 0. The summed E-state index contributed by atoms with van der Waals surface area (Å²) in [5.41, 5.74) is 1.25. The van der Waals surface area contributed by atoms with E-state index < -0.39 is 0 Å². The summed E-state index contributed by atoms with van der Waals surface area (Å²) >= 11 is 0. The van der Waals surface area contributed by atoms with Crippen LogP contribution in [0.1, 0.15) is 25.3 Å². The molecule has 0 aromatic carbocycles. The van der Waals surface area contributed by atoms with Crippen molar-refractivity contribution in [3.63, 3.8) is 0 Å². The molecule has 0 bridgehead atoms. The molecule has 0 spiro atoms. The molecule has 2 fully saturated rings. The summed E-state index contributed by atoms with van der Waals surface area (Å²) in [7, 11) is 2.21. The first-order valence-corrected chi connectivity index (χ1v) is 8.24. The zero-order chi connectivity index (χ0) is 14.7. The molecule has 2 aliphatic rings. The van der Waals surface area contributed by atoms with Crippen LogP contribution in [0, 0.1) is 0 Å². The Morgan fingerprint density at radius 2 is 1.81 bits per heavy atom. The quantitative estimate of drug-likeness (QED) is 0.834. The zero-order valence-electron chi connectivity index (χ0n) is 13.3. The first-order chi connectivity index (χ1) is 10.3. The van der Waals surface area contributed by atoms with Crippen LogP contribution in [0.15, 0.2) is 12.4 Å². The maximum atomic E-state index is 4.56. The second-order valence-corrected chi connectivity index (χ2v) is 6.37. The summed E-state index contributed by atoms with van der Waals surface area (Å²) in [5.74, 6) is 0.909. The van der Waals surface area contributed by atoms with Crippen LogP contribution < -0.4 is 4.90 Å². The van der Waals surface area contributed by atoms with Gasteiger partial charge in [0.2, 0.25) is 5.95 Å². The fourth-order valence-corrected chi connectivity index (χ4v) is 3.34. The third-order valence-corrected chi connectivity index (χ3v) is 4.73. The number of aromatic nitrogens is 2. The van der Waals surface area contributed by atoms with E-state index in [1.807, 2.05) is 12.4 Å². The average Bonchev–Trinajstić information content (AvgIpc) is 2.99. The molecule has 5 heteroatoms. The first kappa shape index (κ1) is 14.7. The minimum atomic E-state index is 0.678. The van der Waals surface area contributed by atoms with Crippen molar-refractivity contribution in [3.05, 3.63) is 18.0 Å². The number of anilines is 1. The van der Waals surface area contributed by atoms with E-state index in [-0.39, 0.29) is 0 Å². The maximum absolute atomic E-state index is 4.56. The van der Waals surface area contributed by atoms with Gasteiger partial charge >= 0.3 is 0 Å². The molecule has 0 unspecified atom stereocenters. The molecule has 3 heterocycles. The van der Waals surface area contributed by atoms with Crippen LogP contribution in [-0.2, 0) is 6.42 Å². The van der Waals surface area contributed by atoms with Gasteiger partial charge in [0.25, 0.3) is 0 Å². The van der Waals surface area contributed by atoms with Gasteiger partial charge in [-0.25, -0.2) is 9.97 Å². The lowest BCUT2D eigenvalue weighted by Gasteiger charge is -2.36. The van der Waals surface area contributed by atoms with Crippen molar-refractivity contribution >= 4 is 5.95 Å². The molecular weight excluding hydrogens is 262 g/mol. The van der Waals surface area contributed by atoms with E-state index in [9.17, 15) is 0 Å². The Kier molecular flexibility index (Phi) is 4.70. The molecule has 1 aromatic heterocycles. The van der Waals surface area contributed by atoms with Gasteiger partial charge in [0.15, 0.2) is 0 Å². The van der Waals surface area contributed by atoms with Crippen molar-refractivity contribution in [2.45, 2.75) is 32.2 Å². The van der Waals surface area contributed by atoms with Gasteiger partial charge in [0.1, 0.15) is 0 Å². The van der Waals surface area contributed by atoms with Gasteiger partial charge in [-0.1, -0.05) is 13.3 Å². The lowest BCUT2D eigenvalue weighted by Crippen LogP contribution is -2.49. The topological polar surface area (TPSA) is 35.5 Å². The van der Waals surface area contributed by atoms with Crippen molar-refractivity contribution in [2.24, 2.45) is 0 Å². The summed E-state index contributed by atoms with van der Waals surface area (Å²) in [6.07, 6.45) is 7.45. The van der Waals surface area contributed by atoms with Crippen molar-refractivity contribution < 1.29 is 0 Å². The molecule has 1 aromatic rings. The van der Waals surface area contributed by atoms with Crippen LogP contribution in [0.5, 0.6) is 0 Å². The molecule has 2 aliphatic heterocycles. The lowest BCUT2D eigenvalue weighted by atomic mass is 10.2. The normalized spacial score (nSPS) is 24.7. The van der Waals surface area contributed by atoms with E-state index in [0.29, 0.717) is 6.04 Å². The average molecular weight is 289 g/mol. The molecule has 0 N–H and O–H groups in total. The Labute approximate surface area is 128 Å². The van der Waals surface area contributed by atoms with Crippen LogP contribution in [0.2, 0.25) is 0 Å². The summed E-state index contributed by atoms with van der Waals surface area (Å²) in [5, 5.41) is 0. The molecule has 1 atom stereocenters. The second-order valence-electron chi connectivity index (χ2n) is 6.37. The molecule has 21 heavy (non-hydrogen) atoms. The molecule has 3 rings (SSSR count). The highest BCUT2D eigenvalue weighted by Crippen LogP contribution is 2.21. The number of aryl methyl sites for hydroxylation is 1. The smallest absolute Gasteiger partial charge is 0.225 e. The van der Waals surface area contributed by atoms with Gasteiger partial charge < -0.3 is 9.80 Å². The fourth-order valence-electron chi connectivity index (χ4n) is 3.34. The molecule has 0 aliphatic carbocycles. The van der Waals surface area contributed by atoms with Crippen molar-refractivity contribution in [3.8, 4) is 0 Å². The lowest BCUT2D eigenvalue weighted by molar-refractivity contribution is 0.120. The minimum absolute atomic E-state index is 0.678. The monoisotopic (exact) mass is 289 g/mol. The predicted octanol–water partition coefficient (Wildman–Crippen LogP) is 1.26. The third kappa shape index (κ3) is 3.52. The maximum Gasteiger partial charge on any atom is 0.225 e. The Hall–Kier alpha value is -1.20. The number of hydrogen-bond donors (Lipinski definition) is 0. The van der Waals surface area contributed by atoms with Gasteiger partial charge in [-0.3, -0.25) is 4.90 Å². The number of likely N-dealkylation sites (N-methyl/N-ethyl adjacent to an activating group) is 1. The molecule has 0 radical (unpaired) electrons. The van der Waals surface area contributed by atoms with E-state index in [2.05, 4.69) is 38.6 Å². The van der Waals surface area contributed by atoms with Gasteiger partial charge in [0.05, 0.1) is 0 Å². The highest BCUT2D eigenvalue weighted by molar-refractivity contribution is 5.32. The number of hydrogen-bond acceptors (Lipinski definition) is 5. The molecule has 0 amide bonds. The highest BCUT2D eigenvalue weighted by atomic mass is 15.3. The summed E-state index contributed by atoms with van der Waals surface area (Å²) in [6, 6.07) is 0.678. The van der Waals surface area contributed by atoms with Gasteiger partial charge in [-0.05, 0) is 25.5 Å². The van der Waals surface area contributed by atoms with E-state index in [4.69, 9.17) is 0 Å². The number of rotatable bonds is 4. The Morgan fingerprint density at radius 1 is 1.10 bits per heavy atom. The summed E-state index contributed by atoms with van der Waals surface area (Å²) in [6.45, 7) is 9.14. The SMILES string of the molecule is CCCc1cnc(N2CC[C@H](N3CCN(C)CC3)C2)nc1.